The van der Waals surface area contributed by atoms with Crippen molar-refractivity contribution in [2.45, 2.75) is 322 Å². The lowest BCUT2D eigenvalue weighted by Crippen LogP contribution is -2.30. The van der Waals surface area contributed by atoms with E-state index in [2.05, 4.69) is 118 Å². The van der Waals surface area contributed by atoms with Gasteiger partial charge in [0.05, 0.1) is 0 Å². The van der Waals surface area contributed by atoms with Gasteiger partial charge < -0.3 is 14.2 Å². The summed E-state index contributed by atoms with van der Waals surface area (Å²) in [5.41, 5.74) is 0. The Balaban J connectivity index is 4.38. The second-order valence-electron chi connectivity index (χ2n) is 21.7. The quantitative estimate of drug-likeness (QED) is 0.0261. The smallest absolute Gasteiger partial charge is 0.306 e. The van der Waals surface area contributed by atoms with E-state index in [0.29, 0.717) is 19.3 Å². The van der Waals surface area contributed by atoms with Crippen LogP contribution < -0.4 is 0 Å². The number of carbonyl (C=O) groups is 3. The first kappa shape index (κ1) is 73.3. The van der Waals surface area contributed by atoms with Crippen LogP contribution in [0.15, 0.2) is 97.2 Å². The van der Waals surface area contributed by atoms with Gasteiger partial charge in [0.25, 0.3) is 0 Å². The molecule has 0 saturated heterocycles. The monoisotopic (exact) mass is 1070 g/mol. The van der Waals surface area contributed by atoms with Gasteiger partial charge in [-0.15, -0.1) is 0 Å². The zero-order chi connectivity index (χ0) is 55.7. The normalized spacial score (nSPS) is 12.7. The summed E-state index contributed by atoms with van der Waals surface area (Å²) in [6.07, 6.45) is 87.0. The SMILES string of the molecule is CC/C=C\C/C=C\C/C=C\C/C=C\C/C=C\C/C=C\C/C=C\C/C=C\CCCCC(=O)OCC(COC(=O)CCCCCCCCCCCCCC)OC(=O)CCCCCCCCCCCCCCCCCCCCCC. The molecule has 0 saturated carbocycles. The molecule has 0 amide bonds. The zero-order valence-corrected chi connectivity index (χ0v) is 50.7. The summed E-state index contributed by atoms with van der Waals surface area (Å²) in [6, 6.07) is 0. The molecule has 0 aliphatic heterocycles. The van der Waals surface area contributed by atoms with Crippen molar-refractivity contribution in [2.24, 2.45) is 0 Å². The van der Waals surface area contributed by atoms with Gasteiger partial charge in [-0.25, -0.2) is 0 Å². The van der Waals surface area contributed by atoms with Crippen molar-refractivity contribution in [1.29, 1.82) is 0 Å². The van der Waals surface area contributed by atoms with Crippen LogP contribution in [0, 0.1) is 0 Å². The Morgan fingerprint density at radius 2 is 0.506 bits per heavy atom. The van der Waals surface area contributed by atoms with Crippen LogP contribution in [0.4, 0.5) is 0 Å². The predicted octanol–water partition coefficient (Wildman–Crippen LogP) is 22.4. The Bertz CT molecular complexity index is 1510. The Morgan fingerprint density at radius 1 is 0.273 bits per heavy atom. The zero-order valence-electron chi connectivity index (χ0n) is 50.7. The number of allylic oxidation sites excluding steroid dienone is 16. The van der Waals surface area contributed by atoms with Crippen LogP contribution in [-0.4, -0.2) is 37.2 Å². The van der Waals surface area contributed by atoms with Gasteiger partial charge in [0.2, 0.25) is 0 Å². The third kappa shape index (κ3) is 63.0. The van der Waals surface area contributed by atoms with E-state index in [0.717, 1.165) is 109 Å². The van der Waals surface area contributed by atoms with Gasteiger partial charge in [0.15, 0.2) is 6.10 Å². The molecule has 0 aliphatic carbocycles. The highest BCUT2D eigenvalue weighted by molar-refractivity contribution is 5.71. The lowest BCUT2D eigenvalue weighted by Gasteiger charge is -2.18. The first-order valence-electron chi connectivity index (χ1n) is 32.7. The van der Waals surface area contributed by atoms with E-state index in [1.54, 1.807) is 0 Å². The number of unbranched alkanes of at least 4 members (excludes halogenated alkanes) is 32. The van der Waals surface area contributed by atoms with Crippen molar-refractivity contribution in [2.75, 3.05) is 13.2 Å². The molecule has 6 heteroatoms. The molecule has 0 aromatic carbocycles. The Labute approximate surface area is 477 Å². The Hall–Kier alpha value is -3.67. The van der Waals surface area contributed by atoms with Crippen LogP contribution in [0.5, 0.6) is 0 Å². The van der Waals surface area contributed by atoms with Gasteiger partial charge >= 0.3 is 17.9 Å². The largest absolute Gasteiger partial charge is 0.462 e. The van der Waals surface area contributed by atoms with Crippen LogP contribution >= 0.6 is 0 Å². The second-order valence-corrected chi connectivity index (χ2v) is 21.7. The molecule has 0 rings (SSSR count). The highest BCUT2D eigenvalue weighted by Gasteiger charge is 2.19. The third-order valence-electron chi connectivity index (χ3n) is 14.1. The van der Waals surface area contributed by atoms with Crippen LogP contribution in [-0.2, 0) is 28.6 Å². The van der Waals surface area contributed by atoms with Gasteiger partial charge in [-0.1, -0.05) is 311 Å². The fraction of sp³-hybridized carbons (Fsp3) is 0.732. The maximum atomic E-state index is 12.9. The van der Waals surface area contributed by atoms with Gasteiger partial charge in [-0.3, -0.25) is 14.4 Å². The average Bonchev–Trinajstić information content (AvgIpc) is 3.43. The van der Waals surface area contributed by atoms with Crippen LogP contribution in [0.25, 0.3) is 0 Å². The van der Waals surface area contributed by atoms with Crippen molar-refractivity contribution >= 4 is 17.9 Å². The van der Waals surface area contributed by atoms with Crippen molar-refractivity contribution in [3.8, 4) is 0 Å². The van der Waals surface area contributed by atoms with Gasteiger partial charge in [0.1, 0.15) is 13.2 Å². The van der Waals surface area contributed by atoms with Crippen LogP contribution in [0.2, 0.25) is 0 Å². The first-order chi connectivity index (χ1) is 38.0. The summed E-state index contributed by atoms with van der Waals surface area (Å²) in [4.78, 5) is 38.3. The van der Waals surface area contributed by atoms with Crippen LogP contribution in [0.1, 0.15) is 316 Å². The number of esters is 3. The van der Waals surface area contributed by atoms with E-state index in [-0.39, 0.29) is 31.1 Å². The number of carbonyl (C=O) groups excluding carboxylic acids is 3. The molecule has 77 heavy (non-hydrogen) atoms. The maximum Gasteiger partial charge on any atom is 0.306 e. The first-order valence-corrected chi connectivity index (χ1v) is 32.7. The molecule has 0 fully saturated rings. The number of rotatable bonds is 59. The molecule has 1 unspecified atom stereocenters. The van der Waals surface area contributed by atoms with Crippen molar-refractivity contribution in [3.05, 3.63) is 97.2 Å². The fourth-order valence-electron chi connectivity index (χ4n) is 9.23. The lowest BCUT2D eigenvalue weighted by atomic mass is 10.0. The second kappa shape index (κ2) is 64.9. The topological polar surface area (TPSA) is 78.9 Å². The molecule has 0 aromatic heterocycles. The minimum Gasteiger partial charge on any atom is -0.462 e. The molecule has 0 aromatic rings. The van der Waals surface area contributed by atoms with Gasteiger partial charge in [-0.05, 0) is 83.5 Å². The molecule has 0 aliphatic rings. The van der Waals surface area contributed by atoms with Gasteiger partial charge in [-0.2, -0.15) is 0 Å². The molecular weight excluding hydrogens is 949 g/mol. The molecule has 0 N–H and O–H groups in total. The predicted molar refractivity (Wildman–Crippen MR) is 334 cm³/mol. The molecule has 0 heterocycles. The number of ether oxygens (including phenoxy) is 3. The fourth-order valence-corrected chi connectivity index (χ4v) is 9.23. The molecule has 442 valence electrons. The summed E-state index contributed by atoms with van der Waals surface area (Å²) in [7, 11) is 0. The summed E-state index contributed by atoms with van der Waals surface area (Å²) in [5, 5.41) is 0. The number of hydrogen-bond acceptors (Lipinski definition) is 6. The highest BCUT2D eigenvalue weighted by atomic mass is 16.6. The molecule has 1 atom stereocenters. The van der Waals surface area contributed by atoms with Crippen molar-refractivity contribution in [3.63, 3.8) is 0 Å². The van der Waals surface area contributed by atoms with E-state index in [9.17, 15) is 14.4 Å². The third-order valence-corrected chi connectivity index (χ3v) is 14.1. The van der Waals surface area contributed by atoms with E-state index in [1.807, 2.05) is 0 Å². The molecular formula is C71H122O6. The molecule has 0 radical (unpaired) electrons. The summed E-state index contributed by atoms with van der Waals surface area (Å²) in [6.45, 7) is 6.52. The van der Waals surface area contributed by atoms with E-state index in [4.69, 9.17) is 14.2 Å². The standard InChI is InChI=1S/C71H122O6/c1-4-7-10-13-16-19-22-25-27-29-31-33-34-35-36-37-38-39-41-42-44-46-49-52-55-58-61-64-70(73)76-67-68(66-75-69(72)63-60-57-54-51-48-24-21-18-15-12-9-6-3)77-71(74)65-62-59-56-53-50-47-45-43-40-32-30-28-26-23-20-17-14-11-8-5-2/h7,10,16,19,25,27,31,33,35-36,38-39,42,44,49,52,68H,4-6,8-9,11-15,17-18,20-24,26,28-30,32,34,37,40-41,43,45-48,50-51,53-67H2,1-3H3/b10-7-,19-16-,27-25-,33-31-,36-35-,39-38-,44-42-,52-49-. The molecule has 6 nitrogen and oxygen atoms in total. The summed E-state index contributed by atoms with van der Waals surface area (Å²) < 4.78 is 16.9. The Kier molecular flexibility index (Phi) is 61.8. The highest BCUT2D eigenvalue weighted by Crippen LogP contribution is 2.17. The summed E-state index contributed by atoms with van der Waals surface area (Å²) in [5.74, 6) is -0.919. The van der Waals surface area contributed by atoms with Crippen LogP contribution in [0.3, 0.4) is 0 Å². The Morgan fingerprint density at radius 3 is 0.792 bits per heavy atom. The lowest BCUT2D eigenvalue weighted by molar-refractivity contribution is -0.167. The maximum absolute atomic E-state index is 12.9. The average molecular weight is 1070 g/mol. The van der Waals surface area contributed by atoms with Crippen molar-refractivity contribution < 1.29 is 28.6 Å². The molecule has 0 bridgehead atoms. The van der Waals surface area contributed by atoms with Crippen molar-refractivity contribution in [1.82, 2.24) is 0 Å². The van der Waals surface area contributed by atoms with E-state index < -0.39 is 6.10 Å². The minimum absolute atomic E-state index is 0.0873. The summed E-state index contributed by atoms with van der Waals surface area (Å²) >= 11 is 0. The molecule has 0 spiro atoms. The van der Waals surface area contributed by atoms with Gasteiger partial charge in [0, 0.05) is 19.3 Å². The number of hydrogen-bond donors (Lipinski definition) is 0. The van der Waals surface area contributed by atoms with E-state index >= 15 is 0 Å². The minimum atomic E-state index is -0.794. The van der Waals surface area contributed by atoms with E-state index in [1.165, 1.54) is 167 Å².